The van der Waals surface area contributed by atoms with E-state index < -0.39 is 0 Å². The summed E-state index contributed by atoms with van der Waals surface area (Å²) in [7, 11) is 0. The molecule has 0 N–H and O–H groups in total. The molecule has 3 aromatic rings. The molecule has 1 saturated heterocycles. The molecule has 0 spiro atoms. The number of hydrogen-bond donors (Lipinski definition) is 0. The highest BCUT2D eigenvalue weighted by Crippen LogP contribution is 2.27. The molecule has 4 rings (SSSR count). The van der Waals surface area contributed by atoms with Gasteiger partial charge in [-0.15, -0.1) is 0 Å². The summed E-state index contributed by atoms with van der Waals surface area (Å²) in [5.41, 5.74) is 0.880. The molecule has 122 valence electrons. The monoisotopic (exact) mass is 320 g/mol. The Hall–Kier alpha value is -2.69. The summed E-state index contributed by atoms with van der Waals surface area (Å²) < 4.78 is 5.99. The summed E-state index contributed by atoms with van der Waals surface area (Å²) in [6.07, 6.45) is 7.42. The van der Waals surface area contributed by atoms with Gasteiger partial charge in [-0.25, -0.2) is 9.97 Å². The first kappa shape index (κ1) is 14.9. The summed E-state index contributed by atoms with van der Waals surface area (Å²) in [4.78, 5) is 15.5. The van der Waals surface area contributed by atoms with Crippen molar-refractivity contribution in [1.29, 1.82) is 0 Å². The molecule has 0 aliphatic carbocycles. The smallest absolute Gasteiger partial charge is 0.232 e. The van der Waals surface area contributed by atoms with Gasteiger partial charge in [0.05, 0.1) is 11.9 Å². The van der Waals surface area contributed by atoms with E-state index in [-0.39, 0.29) is 6.10 Å². The van der Waals surface area contributed by atoms with Crippen LogP contribution < -0.4 is 9.64 Å². The van der Waals surface area contributed by atoms with E-state index >= 15 is 0 Å². The Morgan fingerprint density at radius 1 is 1.08 bits per heavy atom. The summed E-state index contributed by atoms with van der Waals surface area (Å²) in [5, 5.41) is 2.44. The van der Waals surface area contributed by atoms with Crippen LogP contribution in [0, 0.1) is 6.92 Å². The van der Waals surface area contributed by atoms with Crippen molar-refractivity contribution in [3.63, 3.8) is 0 Å². The number of benzene rings is 1. The number of ether oxygens (including phenoxy) is 1. The van der Waals surface area contributed by atoms with Crippen LogP contribution >= 0.6 is 0 Å². The molecule has 3 heterocycles. The summed E-state index contributed by atoms with van der Waals surface area (Å²) >= 11 is 0. The first-order valence-corrected chi connectivity index (χ1v) is 8.33. The van der Waals surface area contributed by atoms with Gasteiger partial charge in [-0.05, 0) is 18.4 Å². The lowest BCUT2D eigenvalue weighted by atomic mass is 10.1. The highest BCUT2D eigenvalue weighted by atomic mass is 16.5. The van der Waals surface area contributed by atoms with Crippen LogP contribution in [-0.4, -0.2) is 34.1 Å². The fourth-order valence-electron chi connectivity index (χ4n) is 3.21. The topological polar surface area (TPSA) is 51.1 Å². The molecule has 5 nitrogen and oxygen atoms in total. The second-order valence-corrected chi connectivity index (χ2v) is 6.16. The van der Waals surface area contributed by atoms with Crippen molar-refractivity contribution in [2.45, 2.75) is 25.9 Å². The summed E-state index contributed by atoms with van der Waals surface area (Å²) in [5.74, 6) is 1.69. The van der Waals surface area contributed by atoms with Gasteiger partial charge in [0.2, 0.25) is 5.88 Å². The van der Waals surface area contributed by atoms with E-state index in [9.17, 15) is 0 Å². The molecule has 1 aliphatic rings. The van der Waals surface area contributed by atoms with Gasteiger partial charge in [-0.2, -0.15) is 0 Å². The van der Waals surface area contributed by atoms with E-state index in [0.29, 0.717) is 5.88 Å². The third kappa shape index (κ3) is 3.02. The molecule has 0 radical (unpaired) electrons. The van der Waals surface area contributed by atoms with E-state index in [2.05, 4.69) is 50.2 Å². The minimum absolute atomic E-state index is 0.187. The summed E-state index contributed by atoms with van der Waals surface area (Å²) in [6, 6.07) is 10.5. The van der Waals surface area contributed by atoms with E-state index in [1.807, 2.05) is 13.1 Å². The zero-order valence-electron chi connectivity index (χ0n) is 13.7. The lowest BCUT2D eigenvalue weighted by Gasteiger charge is -2.33. The zero-order chi connectivity index (χ0) is 16.4. The number of aryl methyl sites for hydroxylation is 1. The lowest BCUT2D eigenvalue weighted by Crippen LogP contribution is -2.38. The van der Waals surface area contributed by atoms with Crippen LogP contribution in [-0.2, 0) is 0 Å². The second-order valence-electron chi connectivity index (χ2n) is 6.16. The number of hydrogen-bond acceptors (Lipinski definition) is 5. The number of rotatable bonds is 3. The van der Waals surface area contributed by atoms with E-state index in [1.54, 1.807) is 12.4 Å². The lowest BCUT2D eigenvalue weighted by molar-refractivity contribution is 0.163. The fraction of sp³-hybridized carbons (Fsp3) is 0.316. The molecule has 0 atom stereocenters. The highest BCUT2D eigenvalue weighted by Gasteiger charge is 2.23. The Morgan fingerprint density at radius 2 is 1.92 bits per heavy atom. The fourth-order valence-corrected chi connectivity index (χ4v) is 3.21. The van der Waals surface area contributed by atoms with E-state index in [1.165, 1.54) is 10.8 Å². The van der Waals surface area contributed by atoms with Crippen molar-refractivity contribution in [2.75, 3.05) is 18.0 Å². The Kier molecular flexibility index (Phi) is 3.99. The standard InChI is InChI=1S/C19H20N4O/c1-14-12-20-13-18(22-14)24-16-7-10-23(11-8-16)19-17-5-3-2-4-15(17)6-9-21-19/h2-6,9,12-13,16H,7-8,10-11H2,1H3. The Morgan fingerprint density at radius 3 is 2.75 bits per heavy atom. The number of pyridine rings is 1. The van der Waals surface area contributed by atoms with Gasteiger partial charge >= 0.3 is 0 Å². The number of fused-ring (bicyclic) bond motifs is 1. The molecule has 0 amide bonds. The van der Waals surface area contributed by atoms with Crippen LogP contribution in [0.25, 0.3) is 10.8 Å². The van der Waals surface area contributed by atoms with Crippen molar-refractivity contribution in [3.05, 3.63) is 54.6 Å². The molecule has 0 unspecified atom stereocenters. The predicted octanol–water partition coefficient (Wildman–Crippen LogP) is 3.38. The average molecular weight is 320 g/mol. The van der Waals surface area contributed by atoms with Gasteiger partial charge < -0.3 is 9.64 Å². The normalized spacial score (nSPS) is 15.6. The van der Waals surface area contributed by atoms with Gasteiger partial charge in [0.1, 0.15) is 11.9 Å². The number of nitrogens with zero attached hydrogens (tertiary/aromatic N) is 4. The van der Waals surface area contributed by atoms with Crippen LogP contribution in [0.15, 0.2) is 48.9 Å². The maximum Gasteiger partial charge on any atom is 0.232 e. The molecular formula is C19H20N4O. The third-order valence-electron chi connectivity index (χ3n) is 4.41. The summed E-state index contributed by atoms with van der Waals surface area (Å²) in [6.45, 7) is 3.80. The first-order valence-electron chi connectivity index (χ1n) is 8.33. The largest absolute Gasteiger partial charge is 0.473 e. The van der Waals surface area contributed by atoms with E-state index in [4.69, 9.17) is 4.74 Å². The van der Waals surface area contributed by atoms with Crippen molar-refractivity contribution in [3.8, 4) is 5.88 Å². The average Bonchev–Trinajstić information content (AvgIpc) is 2.62. The zero-order valence-corrected chi connectivity index (χ0v) is 13.7. The van der Waals surface area contributed by atoms with Gasteiger partial charge in [0.15, 0.2) is 0 Å². The van der Waals surface area contributed by atoms with Gasteiger partial charge in [0, 0.05) is 43.7 Å². The SMILES string of the molecule is Cc1cncc(OC2CCN(c3nccc4ccccc34)CC2)n1. The Labute approximate surface area is 141 Å². The minimum atomic E-state index is 0.187. The Bertz CT molecular complexity index is 838. The maximum atomic E-state index is 5.99. The number of anilines is 1. The molecule has 0 bridgehead atoms. The second kappa shape index (κ2) is 6.43. The maximum absolute atomic E-state index is 5.99. The first-order chi connectivity index (χ1) is 11.8. The molecule has 24 heavy (non-hydrogen) atoms. The van der Waals surface area contributed by atoms with Crippen molar-refractivity contribution in [1.82, 2.24) is 15.0 Å². The van der Waals surface area contributed by atoms with Gasteiger partial charge in [-0.1, -0.05) is 24.3 Å². The quantitative estimate of drug-likeness (QED) is 0.740. The van der Waals surface area contributed by atoms with Crippen LogP contribution in [0.4, 0.5) is 5.82 Å². The highest BCUT2D eigenvalue weighted by molar-refractivity contribution is 5.92. The molecular weight excluding hydrogens is 300 g/mol. The minimum Gasteiger partial charge on any atom is -0.473 e. The van der Waals surface area contributed by atoms with Gasteiger partial charge in [0.25, 0.3) is 0 Å². The third-order valence-corrected chi connectivity index (χ3v) is 4.41. The number of aromatic nitrogens is 3. The van der Waals surface area contributed by atoms with Gasteiger partial charge in [-0.3, -0.25) is 4.98 Å². The molecule has 1 fully saturated rings. The van der Waals surface area contributed by atoms with Crippen LogP contribution in [0.1, 0.15) is 18.5 Å². The van der Waals surface area contributed by atoms with Crippen molar-refractivity contribution < 1.29 is 4.74 Å². The predicted molar refractivity (Wildman–Crippen MR) is 94.4 cm³/mol. The number of piperidine rings is 1. The van der Waals surface area contributed by atoms with Crippen LogP contribution in [0.2, 0.25) is 0 Å². The molecule has 0 saturated carbocycles. The Balaban J connectivity index is 1.46. The molecule has 1 aromatic carbocycles. The van der Waals surface area contributed by atoms with Crippen molar-refractivity contribution in [2.24, 2.45) is 0 Å². The van der Waals surface area contributed by atoms with E-state index in [0.717, 1.165) is 37.4 Å². The molecule has 1 aliphatic heterocycles. The van der Waals surface area contributed by atoms with Crippen LogP contribution in [0.3, 0.4) is 0 Å². The molecule has 2 aromatic heterocycles. The molecule has 5 heteroatoms. The van der Waals surface area contributed by atoms with Crippen LogP contribution in [0.5, 0.6) is 5.88 Å². The van der Waals surface area contributed by atoms with Crippen molar-refractivity contribution >= 4 is 16.6 Å².